The summed E-state index contributed by atoms with van der Waals surface area (Å²) in [7, 11) is 0. The molecule has 4 nitrogen and oxygen atoms in total. The number of unbranched alkanes of at least 4 members (excludes halogenated alkanes) is 1. The van der Waals surface area contributed by atoms with Crippen LogP contribution in [0.15, 0.2) is 42.5 Å². The smallest absolute Gasteiger partial charge is 0.238 e. The summed E-state index contributed by atoms with van der Waals surface area (Å²) >= 11 is 0. The molecule has 114 valence electrons. The number of amides is 1. The van der Waals surface area contributed by atoms with Crippen LogP contribution in [0, 0.1) is 0 Å². The second-order valence-electron chi connectivity index (χ2n) is 4.75. The van der Waals surface area contributed by atoms with E-state index in [2.05, 4.69) is 10.6 Å². The zero-order chi connectivity index (χ0) is 14.2. The first-order valence-electron chi connectivity index (χ1n) is 6.99. The second-order valence-corrected chi connectivity index (χ2v) is 4.75. The Morgan fingerprint density at radius 2 is 1.81 bits per heavy atom. The summed E-state index contributed by atoms with van der Waals surface area (Å²) in [6.07, 6.45) is 1.98. The Labute approximate surface area is 131 Å². The summed E-state index contributed by atoms with van der Waals surface area (Å²) in [5, 5.41) is 8.26. The SMILES string of the molecule is Cl.NCCCCNCC(=O)Nc1cccc2ccccc12. The maximum atomic E-state index is 11.9. The third-order valence-electron chi connectivity index (χ3n) is 3.16. The molecule has 0 saturated heterocycles. The molecule has 0 heterocycles. The Morgan fingerprint density at radius 1 is 1.05 bits per heavy atom. The van der Waals surface area contributed by atoms with Gasteiger partial charge < -0.3 is 16.4 Å². The summed E-state index contributed by atoms with van der Waals surface area (Å²) in [5.74, 6) is -0.0194. The average molecular weight is 308 g/mol. The number of anilines is 1. The third kappa shape index (κ3) is 5.34. The van der Waals surface area contributed by atoms with E-state index in [0.29, 0.717) is 13.1 Å². The number of benzene rings is 2. The zero-order valence-electron chi connectivity index (χ0n) is 12.0. The van der Waals surface area contributed by atoms with Crippen LogP contribution in [-0.4, -0.2) is 25.5 Å². The molecule has 2 aromatic carbocycles. The highest BCUT2D eigenvalue weighted by atomic mass is 35.5. The van der Waals surface area contributed by atoms with Crippen LogP contribution in [0.2, 0.25) is 0 Å². The van der Waals surface area contributed by atoms with Crippen molar-refractivity contribution in [2.45, 2.75) is 12.8 Å². The highest BCUT2D eigenvalue weighted by Crippen LogP contribution is 2.22. The molecule has 0 aliphatic carbocycles. The zero-order valence-corrected chi connectivity index (χ0v) is 12.8. The normalized spacial score (nSPS) is 10.1. The molecular weight excluding hydrogens is 286 g/mol. The number of hydrogen-bond donors (Lipinski definition) is 3. The van der Waals surface area contributed by atoms with E-state index in [4.69, 9.17) is 5.73 Å². The summed E-state index contributed by atoms with van der Waals surface area (Å²) in [4.78, 5) is 11.9. The van der Waals surface area contributed by atoms with Crippen molar-refractivity contribution >= 4 is 34.8 Å². The highest BCUT2D eigenvalue weighted by Gasteiger charge is 2.04. The number of rotatable bonds is 7. The molecule has 0 aliphatic rings. The monoisotopic (exact) mass is 307 g/mol. The Balaban J connectivity index is 0.00000220. The van der Waals surface area contributed by atoms with E-state index in [1.165, 1.54) is 0 Å². The minimum Gasteiger partial charge on any atom is -0.330 e. The van der Waals surface area contributed by atoms with Gasteiger partial charge in [0.1, 0.15) is 0 Å². The first-order valence-corrected chi connectivity index (χ1v) is 6.99. The molecule has 5 heteroatoms. The number of carbonyl (C=O) groups is 1. The summed E-state index contributed by atoms with van der Waals surface area (Å²) < 4.78 is 0. The van der Waals surface area contributed by atoms with E-state index in [1.807, 2.05) is 42.5 Å². The molecule has 2 rings (SSSR count). The topological polar surface area (TPSA) is 67.1 Å². The summed E-state index contributed by atoms with van der Waals surface area (Å²) in [6, 6.07) is 13.9. The van der Waals surface area contributed by atoms with Crippen LogP contribution in [0.5, 0.6) is 0 Å². The molecular formula is C16H22ClN3O. The van der Waals surface area contributed by atoms with Crippen molar-refractivity contribution in [1.82, 2.24) is 5.32 Å². The van der Waals surface area contributed by atoms with Gasteiger partial charge in [-0.1, -0.05) is 36.4 Å². The van der Waals surface area contributed by atoms with Gasteiger partial charge in [-0.3, -0.25) is 4.79 Å². The van der Waals surface area contributed by atoms with E-state index in [0.717, 1.165) is 35.8 Å². The number of fused-ring (bicyclic) bond motifs is 1. The maximum Gasteiger partial charge on any atom is 0.238 e. The van der Waals surface area contributed by atoms with Crippen LogP contribution >= 0.6 is 12.4 Å². The molecule has 0 spiro atoms. The fourth-order valence-corrected chi connectivity index (χ4v) is 2.13. The van der Waals surface area contributed by atoms with Gasteiger partial charge in [0.05, 0.1) is 6.54 Å². The van der Waals surface area contributed by atoms with Crippen molar-refractivity contribution in [1.29, 1.82) is 0 Å². The van der Waals surface area contributed by atoms with Gasteiger partial charge in [-0.05, 0) is 37.4 Å². The van der Waals surface area contributed by atoms with Crippen LogP contribution in [0.3, 0.4) is 0 Å². The van der Waals surface area contributed by atoms with Gasteiger partial charge in [0.2, 0.25) is 5.91 Å². The van der Waals surface area contributed by atoms with Crippen molar-refractivity contribution in [3.8, 4) is 0 Å². The number of nitrogens with two attached hydrogens (primary N) is 1. The van der Waals surface area contributed by atoms with Gasteiger partial charge in [-0.15, -0.1) is 12.4 Å². The predicted octanol–water partition coefficient (Wildman–Crippen LogP) is 2.53. The molecule has 0 fully saturated rings. The molecule has 0 unspecified atom stereocenters. The molecule has 0 aliphatic heterocycles. The van der Waals surface area contributed by atoms with E-state index in [-0.39, 0.29) is 18.3 Å². The van der Waals surface area contributed by atoms with E-state index in [1.54, 1.807) is 0 Å². The molecule has 2 aromatic rings. The van der Waals surface area contributed by atoms with Crippen LogP contribution in [-0.2, 0) is 4.79 Å². The highest BCUT2D eigenvalue weighted by molar-refractivity contribution is 6.02. The summed E-state index contributed by atoms with van der Waals surface area (Å²) in [5.41, 5.74) is 6.28. The molecule has 0 atom stereocenters. The van der Waals surface area contributed by atoms with Crippen molar-refractivity contribution in [2.24, 2.45) is 5.73 Å². The van der Waals surface area contributed by atoms with Crippen molar-refractivity contribution < 1.29 is 4.79 Å². The minimum atomic E-state index is -0.0194. The largest absolute Gasteiger partial charge is 0.330 e. The maximum absolute atomic E-state index is 11.9. The van der Waals surface area contributed by atoms with Crippen molar-refractivity contribution in [3.63, 3.8) is 0 Å². The lowest BCUT2D eigenvalue weighted by Crippen LogP contribution is -2.29. The summed E-state index contributed by atoms with van der Waals surface area (Å²) in [6.45, 7) is 1.85. The number of carbonyl (C=O) groups excluding carboxylic acids is 1. The van der Waals surface area contributed by atoms with E-state index in [9.17, 15) is 4.79 Å². The molecule has 0 radical (unpaired) electrons. The van der Waals surface area contributed by atoms with Gasteiger partial charge in [-0.2, -0.15) is 0 Å². The minimum absolute atomic E-state index is 0. The third-order valence-corrected chi connectivity index (χ3v) is 3.16. The quantitative estimate of drug-likeness (QED) is 0.689. The lowest BCUT2D eigenvalue weighted by Gasteiger charge is -2.09. The molecule has 0 aromatic heterocycles. The lowest BCUT2D eigenvalue weighted by atomic mass is 10.1. The van der Waals surface area contributed by atoms with Crippen molar-refractivity contribution in [3.05, 3.63) is 42.5 Å². The van der Waals surface area contributed by atoms with Gasteiger partial charge in [0.15, 0.2) is 0 Å². The molecule has 0 bridgehead atoms. The van der Waals surface area contributed by atoms with Gasteiger partial charge in [-0.25, -0.2) is 0 Å². The predicted molar refractivity (Wildman–Crippen MR) is 91.0 cm³/mol. The average Bonchev–Trinajstić information content (AvgIpc) is 2.47. The number of hydrogen-bond acceptors (Lipinski definition) is 3. The Kier molecular flexibility index (Phi) is 7.75. The number of halogens is 1. The van der Waals surface area contributed by atoms with Gasteiger partial charge in [0.25, 0.3) is 0 Å². The van der Waals surface area contributed by atoms with E-state index >= 15 is 0 Å². The fraction of sp³-hybridized carbons (Fsp3) is 0.312. The van der Waals surface area contributed by atoms with E-state index < -0.39 is 0 Å². The Hall–Kier alpha value is -1.62. The van der Waals surface area contributed by atoms with Gasteiger partial charge >= 0.3 is 0 Å². The van der Waals surface area contributed by atoms with Crippen LogP contribution in [0.1, 0.15) is 12.8 Å². The van der Waals surface area contributed by atoms with Crippen LogP contribution < -0.4 is 16.4 Å². The van der Waals surface area contributed by atoms with Crippen LogP contribution in [0.25, 0.3) is 10.8 Å². The molecule has 21 heavy (non-hydrogen) atoms. The molecule has 1 amide bonds. The molecule has 4 N–H and O–H groups in total. The first kappa shape index (κ1) is 17.4. The second kappa shape index (κ2) is 9.34. The van der Waals surface area contributed by atoms with Crippen molar-refractivity contribution in [2.75, 3.05) is 25.0 Å². The number of nitrogens with one attached hydrogen (secondary N) is 2. The Morgan fingerprint density at radius 3 is 2.62 bits per heavy atom. The Bertz CT molecular complexity index is 569. The van der Waals surface area contributed by atoms with Gasteiger partial charge in [0, 0.05) is 11.1 Å². The standard InChI is InChI=1S/C16H21N3O.ClH/c17-10-3-4-11-18-12-16(20)19-15-9-5-7-13-6-1-2-8-14(13)15;/h1-2,5-9,18H,3-4,10-12,17H2,(H,19,20);1H. The first-order chi connectivity index (χ1) is 9.81. The lowest BCUT2D eigenvalue weighted by molar-refractivity contribution is -0.115. The fourth-order valence-electron chi connectivity index (χ4n) is 2.13. The van der Waals surface area contributed by atoms with Crippen LogP contribution in [0.4, 0.5) is 5.69 Å². The molecule has 0 saturated carbocycles.